The second-order valence-electron chi connectivity index (χ2n) is 6.76. The number of aliphatic imine (C=N–C) groups is 1. The topological polar surface area (TPSA) is 96.6 Å². The Morgan fingerprint density at radius 3 is 2.67 bits per heavy atom. The van der Waals surface area contributed by atoms with E-state index in [2.05, 4.69) is 9.39 Å². The van der Waals surface area contributed by atoms with Crippen LogP contribution in [0.1, 0.15) is 12.5 Å². The van der Waals surface area contributed by atoms with E-state index < -0.39 is 5.91 Å². The lowest BCUT2D eigenvalue weighted by Crippen LogP contribution is -2.41. The molecule has 0 saturated carbocycles. The number of carbonyl (C=O) groups excluding carboxylic acids is 1. The Bertz CT molecular complexity index is 1150. The summed E-state index contributed by atoms with van der Waals surface area (Å²) >= 11 is 2.62. The van der Waals surface area contributed by atoms with Gasteiger partial charge in [-0.2, -0.15) is 9.39 Å². The van der Waals surface area contributed by atoms with Crippen LogP contribution >= 0.6 is 23.7 Å². The number of hydrogen-bond acceptors (Lipinski definition) is 8. The van der Waals surface area contributed by atoms with Crippen LogP contribution in [0.5, 0.6) is 17.2 Å². The van der Waals surface area contributed by atoms with E-state index in [-0.39, 0.29) is 11.4 Å². The van der Waals surface area contributed by atoms with Crippen LogP contribution in [0.4, 0.5) is 0 Å². The highest BCUT2D eigenvalue weighted by Crippen LogP contribution is 2.33. The molecule has 0 fully saturated rings. The van der Waals surface area contributed by atoms with Gasteiger partial charge in [0.25, 0.3) is 5.91 Å². The molecule has 2 aromatic rings. The van der Waals surface area contributed by atoms with Gasteiger partial charge in [-0.25, -0.2) is 4.90 Å². The molecule has 2 heterocycles. The third kappa shape index (κ3) is 5.23. The van der Waals surface area contributed by atoms with Gasteiger partial charge in [-0.05, 0) is 41.7 Å². The molecule has 170 valence electrons. The smallest absolute Gasteiger partial charge is 0.283 e. The van der Waals surface area contributed by atoms with Crippen molar-refractivity contribution in [1.29, 1.82) is 5.41 Å². The molecule has 0 saturated heterocycles. The predicted octanol–water partition coefficient (Wildman–Crippen LogP) is 4.48. The van der Waals surface area contributed by atoms with Crippen molar-refractivity contribution >= 4 is 51.9 Å². The maximum absolute atomic E-state index is 12.6. The highest BCUT2D eigenvalue weighted by molar-refractivity contribution is 8.19. The number of amides is 1. The number of hydrogen-bond donors (Lipinski definition) is 1. The molecular weight excluding hydrogens is 460 g/mol. The Morgan fingerprint density at radius 2 is 1.91 bits per heavy atom. The number of nitrogens with zero attached hydrogens (tertiary/aromatic N) is 3. The van der Waals surface area contributed by atoms with Gasteiger partial charge in [-0.3, -0.25) is 10.2 Å². The molecule has 1 amide bonds. The van der Waals surface area contributed by atoms with Crippen LogP contribution in [-0.4, -0.2) is 53.1 Å². The van der Waals surface area contributed by atoms with E-state index in [0.29, 0.717) is 40.6 Å². The SMILES string of the molecule is CCSC1=NSC2=NC(=O)/C(=C\c3ccc(OCCOc4ccccc4)c(OC)c3)C(=N)N12. The fourth-order valence-corrected chi connectivity index (χ4v) is 4.68. The third-order valence-electron chi connectivity index (χ3n) is 4.62. The van der Waals surface area contributed by atoms with E-state index in [9.17, 15) is 4.79 Å². The summed E-state index contributed by atoms with van der Waals surface area (Å²) in [6, 6.07) is 14.9. The maximum Gasteiger partial charge on any atom is 0.283 e. The Balaban J connectivity index is 1.46. The van der Waals surface area contributed by atoms with Crippen molar-refractivity contribution in [1.82, 2.24) is 4.90 Å². The third-order valence-corrected chi connectivity index (χ3v) is 6.26. The first-order chi connectivity index (χ1) is 16.1. The highest BCUT2D eigenvalue weighted by Gasteiger charge is 2.37. The van der Waals surface area contributed by atoms with Crippen LogP contribution in [0.25, 0.3) is 6.08 Å². The molecule has 33 heavy (non-hydrogen) atoms. The zero-order valence-corrected chi connectivity index (χ0v) is 19.7. The summed E-state index contributed by atoms with van der Waals surface area (Å²) in [5, 5.41) is 9.63. The monoisotopic (exact) mass is 482 g/mol. The Labute approximate surface area is 200 Å². The Morgan fingerprint density at radius 1 is 1.12 bits per heavy atom. The number of thioether (sulfide) groups is 1. The minimum atomic E-state index is -0.464. The molecule has 2 aromatic carbocycles. The van der Waals surface area contributed by atoms with Crippen molar-refractivity contribution in [3.8, 4) is 17.2 Å². The van der Waals surface area contributed by atoms with Crippen molar-refractivity contribution in [2.24, 2.45) is 9.39 Å². The van der Waals surface area contributed by atoms with Gasteiger partial charge in [0.1, 0.15) is 24.8 Å². The second-order valence-corrected chi connectivity index (χ2v) is 8.72. The quantitative estimate of drug-likeness (QED) is 0.337. The standard InChI is InChI=1S/C23H22N4O4S2/c1-3-32-23-26-33-22-25-21(28)17(20(24)27(22)23)13-15-9-10-18(19(14-15)29-2)31-12-11-30-16-7-5-4-6-8-16/h4-10,13-14,24H,3,11-12H2,1-2H3/b17-13-,24-20?. The van der Waals surface area contributed by atoms with E-state index in [1.54, 1.807) is 36.3 Å². The fourth-order valence-electron chi connectivity index (χ4n) is 3.11. The summed E-state index contributed by atoms with van der Waals surface area (Å²) in [6.45, 7) is 2.74. The van der Waals surface area contributed by atoms with E-state index in [1.807, 2.05) is 37.3 Å². The number of ether oxygens (including phenoxy) is 3. The molecule has 0 aromatic heterocycles. The zero-order chi connectivity index (χ0) is 23.2. The Hall–Kier alpha value is -3.24. The summed E-state index contributed by atoms with van der Waals surface area (Å²) in [5.74, 6) is 2.26. The summed E-state index contributed by atoms with van der Waals surface area (Å²) in [6.07, 6.45) is 1.63. The first kappa shape index (κ1) is 22.9. The van der Waals surface area contributed by atoms with Gasteiger partial charge in [-0.15, -0.1) is 0 Å². The first-order valence-corrected chi connectivity index (χ1v) is 12.0. The molecule has 4 rings (SSSR count). The molecule has 2 aliphatic heterocycles. The van der Waals surface area contributed by atoms with Crippen molar-refractivity contribution in [2.75, 3.05) is 26.1 Å². The van der Waals surface area contributed by atoms with Crippen molar-refractivity contribution in [2.45, 2.75) is 6.92 Å². The molecule has 0 radical (unpaired) electrons. The summed E-state index contributed by atoms with van der Waals surface area (Å²) in [5.41, 5.74) is 0.887. The molecule has 0 bridgehead atoms. The zero-order valence-electron chi connectivity index (χ0n) is 18.1. The molecular formula is C23H22N4O4S2. The number of fused-ring (bicyclic) bond motifs is 1. The highest BCUT2D eigenvalue weighted by atomic mass is 32.2. The lowest BCUT2D eigenvalue weighted by molar-refractivity contribution is -0.114. The number of rotatable bonds is 8. The van der Waals surface area contributed by atoms with Crippen LogP contribution in [-0.2, 0) is 4.79 Å². The molecule has 10 heteroatoms. The summed E-state index contributed by atoms with van der Waals surface area (Å²) in [7, 11) is 1.55. The summed E-state index contributed by atoms with van der Waals surface area (Å²) < 4.78 is 21.2. The molecule has 0 unspecified atom stereocenters. The molecule has 0 atom stereocenters. The number of amidine groups is 3. The number of para-hydroxylation sites is 1. The van der Waals surface area contributed by atoms with Crippen LogP contribution < -0.4 is 14.2 Å². The number of carbonyl (C=O) groups is 1. The lowest BCUT2D eigenvalue weighted by Gasteiger charge is -2.24. The average molecular weight is 483 g/mol. The van der Waals surface area contributed by atoms with Gasteiger partial charge < -0.3 is 14.2 Å². The van der Waals surface area contributed by atoms with Crippen molar-refractivity contribution in [3.63, 3.8) is 0 Å². The van der Waals surface area contributed by atoms with E-state index in [0.717, 1.165) is 23.5 Å². The minimum absolute atomic E-state index is 0.0621. The lowest BCUT2D eigenvalue weighted by atomic mass is 10.1. The molecule has 0 spiro atoms. The molecule has 1 N–H and O–H groups in total. The number of nitrogens with one attached hydrogen (secondary N) is 1. The number of benzene rings is 2. The number of methoxy groups -OCH3 is 1. The van der Waals surface area contributed by atoms with Gasteiger partial charge in [0.05, 0.1) is 24.6 Å². The van der Waals surface area contributed by atoms with Gasteiger partial charge in [0.15, 0.2) is 16.7 Å². The van der Waals surface area contributed by atoms with Gasteiger partial charge in [0.2, 0.25) is 5.17 Å². The van der Waals surface area contributed by atoms with Gasteiger partial charge in [0, 0.05) is 0 Å². The Kier molecular flexibility index (Phi) is 7.36. The van der Waals surface area contributed by atoms with E-state index in [1.165, 1.54) is 11.8 Å². The first-order valence-electron chi connectivity index (χ1n) is 10.2. The minimum Gasteiger partial charge on any atom is -0.493 e. The van der Waals surface area contributed by atoms with Gasteiger partial charge in [-0.1, -0.05) is 43.0 Å². The van der Waals surface area contributed by atoms with Crippen LogP contribution in [0.15, 0.2) is 63.5 Å². The van der Waals surface area contributed by atoms with Gasteiger partial charge >= 0.3 is 0 Å². The van der Waals surface area contributed by atoms with E-state index in [4.69, 9.17) is 19.6 Å². The van der Waals surface area contributed by atoms with Crippen LogP contribution in [0.3, 0.4) is 0 Å². The van der Waals surface area contributed by atoms with Crippen LogP contribution in [0, 0.1) is 5.41 Å². The fraction of sp³-hybridized carbons (Fsp3) is 0.217. The largest absolute Gasteiger partial charge is 0.493 e. The molecule has 0 aliphatic carbocycles. The maximum atomic E-state index is 12.6. The summed E-state index contributed by atoms with van der Waals surface area (Å²) in [4.78, 5) is 18.3. The predicted molar refractivity (Wildman–Crippen MR) is 134 cm³/mol. The van der Waals surface area contributed by atoms with Crippen molar-refractivity contribution in [3.05, 3.63) is 59.7 Å². The van der Waals surface area contributed by atoms with Crippen LogP contribution in [0.2, 0.25) is 0 Å². The average Bonchev–Trinajstić information content (AvgIpc) is 3.23. The molecule has 8 nitrogen and oxygen atoms in total. The van der Waals surface area contributed by atoms with Crippen molar-refractivity contribution < 1.29 is 19.0 Å². The normalized spacial score (nSPS) is 16.4. The second kappa shape index (κ2) is 10.6. The van der Waals surface area contributed by atoms with E-state index >= 15 is 0 Å². The molecule has 2 aliphatic rings.